The number of carboxylic acid groups (broad SMARTS) is 1. The molecular formula is C15H18N2O2. The Morgan fingerprint density at radius 1 is 1.32 bits per heavy atom. The van der Waals surface area contributed by atoms with Crippen LogP contribution in [0.3, 0.4) is 0 Å². The highest BCUT2D eigenvalue weighted by Crippen LogP contribution is 2.23. The van der Waals surface area contributed by atoms with Crippen LogP contribution in [-0.4, -0.2) is 20.6 Å². The van der Waals surface area contributed by atoms with E-state index in [-0.39, 0.29) is 5.69 Å². The molecule has 0 aliphatic carbocycles. The number of benzene rings is 1. The van der Waals surface area contributed by atoms with Gasteiger partial charge in [0.15, 0.2) is 5.69 Å². The van der Waals surface area contributed by atoms with Crippen molar-refractivity contribution < 1.29 is 9.90 Å². The van der Waals surface area contributed by atoms with Gasteiger partial charge in [-0.15, -0.1) is 0 Å². The SMILES string of the molecule is CC(C)Cc1ccc(-c2ncn(C)c2C(=O)O)cc1. The second-order valence-electron chi connectivity index (χ2n) is 5.15. The molecule has 0 amide bonds. The van der Waals surface area contributed by atoms with Gasteiger partial charge in [0.05, 0.1) is 6.33 Å². The summed E-state index contributed by atoms with van der Waals surface area (Å²) in [4.78, 5) is 15.4. The summed E-state index contributed by atoms with van der Waals surface area (Å²) in [5, 5.41) is 9.21. The molecule has 4 heteroatoms. The van der Waals surface area contributed by atoms with Crippen LogP contribution < -0.4 is 0 Å². The summed E-state index contributed by atoms with van der Waals surface area (Å²) in [7, 11) is 1.69. The molecule has 1 aromatic heterocycles. The number of rotatable bonds is 4. The first-order chi connectivity index (χ1) is 8.99. The monoisotopic (exact) mass is 258 g/mol. The van der Waals surface area contributed by atoms with Crippen molar-refractivity contribution in [1.82, 2.24) is 9.55 Å². The van der Waals surface area contributed by atoms with Gasteiger partial charge in [0.25, 0.3) is 0 Å². The Kier molecular flexibility index (Phi) is 3.69. The molecule has 0 radical (unpaired) electrons. The van der Waals surface area contributed by atoms with E-state index in [2.05, 4.69) is 18.8 Å². The molecule has 0 saturated heterocycles. The first-order valence-electron chi connectivity index (χ1n) is 6.33. The number of hydrogen-bond acceptors (Lipinski definition) is 2. The van der Waals surface area contributed by atoms with Crippen LogP contribution in [0.2, 0.25) is 0 Å². The molecule has 1 aromatic carbocycles. The van der Waals surface area contributed by atoms with Gasteiger partial charge in [-0.3, -0.25) is 0 Å². The first kappa shape index (κ1) is 13.3. The highest BCUT2D eigenvalue weighted by atomic mass is 16.4. The molecule has 0 bridgehead atoms. The summed E-state index contributed by atoms with van der Waals surface area (Å²) in [5.41, 5.74) is 2.83. The number of hydrogen-bond donors (Lipinski definition) is 1. The average Bonchev–Trinajstić information content (AvgIpc) is 2.71. The Morgan fingerprint density at radius 3 is 2.47 bits per heavy atom. The van der Waals surface area contributed by atoms with Crippen molar-refractivity contribution in [3.63, 3.8) is 0 Å². The van der Waals surface area contributed by atoms with Crippen LogP contribution in [0.25, 0.3) is 11.3 Å². The summed E-state index contributed by atoms with van der Waals surface area (Å²) in [5.74, 6) is -0.350. The average molecular weight is 258 g/mol. The Morgan fingerprint density at radius 2 is 1.95 bits per heavy atom. The minimum absolute atomic E-state index is 0.219. The molecule has 2 aromatic rings. The maximum atomic E-state index is 11.2. The standard InChI is InChI=1S/C15H18N2O2/c1-10(2)8-11-4-6-12(7-5-11)13-14(15(18)19)17(3)9-16-13/h4-7,9-10H,8H2,1-3H3,(H,18,19). The normalized spacial score (nSPS) is 10.9. The Balaban J connectivity index is 2.35. The minimum atomic E-state index is -0.957. The number of aromatic carboxylic acids is 1. The number of nitrogens with zero attached hydrogens (tertiary/aromatic N) is 2. The third-order valence-electron chi connectivity index (χ3n) is 3.01. The fraction of sp³-hybridized carbons (Fsp3) is 0.333. The molecule has 0 unspecified atom stereocenters. The van der Waals surface area contributed by atoms with Gasteiger partial charge < -0.3 is 9.67 Å². The predicted octanol–water partition coefficient (Wildman–Crippen LogP) is 2.98. The maximum absolute atomic E-state index is 11.2. The minimum Gasteiger partial charge on any atom is -0.477 e. The summed E-state index contributed by atoms with van der Waals surface area (Å²) in [6.45, 7) is 4.35. The highest BCUT2D eigenvalue weighted by molar-refractivity contribution is 5.93. The fourth-order valence-electron chi connectivity index (χ4n) is 2.16. The van der Waals surface area contributed by atoms with Crippen LogP contribution in [0.15, 0.2) is 30.6 Å². The summed E-state index contributed by atoms with van der Waals surface area (Å²) >= 11 is 0. The molecule has 1 heterocycles. The van der Waals surface area contributed by atoms with Crippen molar-refractivity contribution in [2.75, 3.05) is 0 Å². The van der Waals surface area contributed by atoms with E-state index in [4.69, 9.17) is 0 Å². The highest BCUT2D eigenvalue weighted by Gasteiger charge is 2.17. The van der Waals surface area contributed by atoms with Crippen LogP contribution in [0, 0.1) is 5.92 Å². The topological polar surface area (TPSA) is 55.1 Å². The van der Waals surface area contributed by atoms with Gasteiger partial charge in [-0.25, -0.2) is 9.78 Å². The van der Waals surface area contributed by atoms with Gasteiger partial charge >= 0.3 is 5.97 Å². The van der Waals surface area contributed by atoms with Crippen molar-refractivity contribution >= 4 is 5.97 Å². The third kappa shape index (κ3) is 2.84. The lowest BCUT2D eigenvalue weighted by molar-refractivity contribution is 0.0687. The molecule has 0 saturated carbocycles. The van der Waals surface area contributed by atoms with Gasteiger partial charge in [0.2, 0.25) is 0 Å². The zero-order chi connectivity index (χ0) is 14.0. The second-order valence-corrected chi connectivity index (χ2v) is 5.15. The van der Waals surface area contributed by atoms with E-state index in [1.54, 1.807) is 7.05 Å². The van der Waals surface area contributed by atoms with Crippen molar-refractivity contribution in [3.05, 3.63) is 41.9 Å². The molecule has 0 fully saturated rings. The van der Waals surface area contributed by atoms with Crippen LogP contribution in [0.5, 0.6) is 0 Å². The smallest absolute Gasteiger partial charge is 0.354 e. The molecule has 0 aliphatic heterocycles. The summed E-state index contributed by atoms with van der Waals surface area (Å²) in [6, 6.07) is 7.95. The largest absolute Gasteiger partial charge is 0.477 e. The molecule has 100 valence electrons. The van der Waals surface area contributed by atoms with E-state index in [0.29, 0.717) is 11.6 Å². The van der Waals surface area contributed by atoms with E-state index in [1.165, 1.54) is 16.5 Å². The van der Waals surface area contributed by atoms with Crippen LogP contribution in [0.4, 0.5) is 0 Å². The molecule has 19 heavy (non-hydrogen) atoms. The van der Waals surface area contributed by atoms with E-state index in [0.717, 1.165) is 12.0 Å². The van der Waals surface area contributed by atoms with E-state index in [9.17, 15) is 9.90 Å². The zero-order valence-corrected chi connectivity index (χ0v) is 11.4. The number of carboxylic acids is 1. The lowest BCUT2D eigenvalue weighted by Crippen LogP contribution is -2.05. The fourth-order valence-corrected chi connectivity index (χ4v) is 2.16. The van der Waals surface area contributed by atoms with Crippen LogP contribution in [-0.2, 0) is 13.5 Å². The van der Waals surface area contributed by atoms with Crippen molar-refractivity contribution in [3.8, 4) is 11.3 Å². The summed E-state index contributed by atoms with van der Waals surface area (Å²) < 4.78 is 1.53. The zero-order valence-electron chi connectivity index (χ0n) is 11.4. The van der Waals surface area contributed by atoms with Crippen molar-refractivity contribution in [1.29, 1.82) is 0 Å². The third-order valence-corrected chi connectivity index (χ3v) is 3.01. The molecule has 0 aliphatic rings. The molecule has 1 N–H and O–H groups in total. The second kappa shape index (κ2) is 5.26. The molecule has 4 nitrogen and oxygen atoms in total. The quantitative estimate of drug-likeness (QED) is 0.917. The van der Waals surface area contributed by atoms with Gasteiger partial charge in [-0.1, -0.05) is 38.1 Å². The Hall–Kier alpha value is -2.10. The molecule has 0 spiro atoms. The first-order valence-corrected chi connectivity index (χ1v) is 6.33. The molecule has 0 atom stereocenters. The number of imidazole rings is 1. The van der Waals surface area contributed by atoms with Gasteiger partial charge in [0.1, 0.15) is 5.69 Å². The van der Waals surface area contributed by atoms with Crippen LogP contribution >= 0.6 is 0 Å². The van der Waals surface area contributed by atoms with Gasteiger partial charge in [-0.2, -0.15) is 0 Å². The van der Waals surface area contributed by atoms with Crippen molar-refractivity contribution in [2.24, 2.45) is 13.0 Å². The Labute approximate surface area is 112 Å². The van der Waals surface area contributed by atoms with E-state index >= 15 is 0 Å². The number of aryl methyl sites for hydroxylation is 1. The lowest BCUT2D eigenvalue weighted by atomic mass is 10.0. The number of carbonyl (C=O) groups is 1. The van der Waals surface area contributed by atoms with Crippen LogP contribution in [0.1, 0.15) is 29.9 Å². The lowest BCUT2D eigenvalue weighted by Gasteiger charge is -2.06. The Bertz CT molecular complexity index is 583. The molecular weight excluding hydrogens is 240 g/mol. The summed E-state index contributed by atoms with van der Waals surface area (Å²) in [6.07, 6.45) is 2.55. The van der Waals surface area contributed by atoms with Crippen molar-refractivity contribution in [2.45, 2.75) is 20.3 Å². The number of aromatic nitrogens is 2. The van der Waals surface area contributed by atoms with E-state index < -0.39 is 5.97 Å². The predicted molar refractivity (Wildman–Crippen MR) is 74.1 cm³/mol. The van der Waals surface area contributed by atoms with Gasteiger partial charge in [0, 0.05) is 12.6 Å². The van der Waals surface area contributed by atoms with Gasteiger partial charge in [-0.05, 0) is 17.9 Å². The van der Waals surface area contributed by atoms with E-state index in [1.807, 2.05) is 24.3 Å². The molecule has 2 rings (SSSR count). The maximum Gasteiger partial charge on any atom is 0.354 e.